The number of benzene rings is 2. The van der Waals surface area contributed by atoms with Gasteiger partial charge in [0.25, 0.3) is 0 Å². The number of carbonyl (C=O) groups is 1. The van der Waals surface area contributed by atoms with E-state index in [1.807, 2.05) is 12.1 Å². The van der Waals surface area contributed by atoms with E-state index in [-0.39, 0.29) is 18.8 Å². The number of halogens is 2. The van der Waals surface area contributed by atoms with Gasteiger partial charge in [0.15, 0.2) is 0 Å². The molecule has 0 aliphatic carbocycles. The third-order valence-corrected chi connectivity index (χ3v) is 3.31. The lowest BCUT2D eigenvalue weighted by atomic mass is 10.1. The maximum absolute atomic E-state index is 12.9. The number of ether oxygens (including phenoxy) is 1. The summed E-state index contributed by atoms with van der Waals surface area (Å²) < 4.78 is 18.5. The van der Waals surface area contributed by atoms with E-state index < -0.39 is 5.97 Å². The first-order valence-electron chi connectivity index (χ1n) is 6.42. The van der Waals surface area contributed by atoms with E-state index >= 15 is 0 Å². The first kappa shape index (κ1) is 15.3. The van der Waals surface area contributed by atoms with Crippen LogP contribution < -0.4 is 4.74 Å². The molecular weight excluding hydrogens is 295 g/mol. The van der Waals surface area contributed by atoms with Gasteiger partial charge in [0.1, 0.15) is 18.2 Å². The quantitative estimate of drug-likeness (QED) is 0.875. The van der Waals surface area contributed by atoms with Crippen LogP contribution in [-0.4, -0.2) is 11.1 Å². The molecule has 0 saturated heterocycles. The molecule has 0 spiro atoms. The van der Waals surface area contributed by atoms with Crippen molar-refractivity contribution >= 4 is 17.6 Å². The molecule has 2 aromatic carbocycles. The van der Waals surface area contributed by atoms with Crippen molar-refractivity contribution in [1.29, 1.82) is 0 Å². The van der Waals surface area contributed by atoms with Crippen LogP contribution in [0, 0.1) is 5.82 Å². The van der Waals surface area contributed by atoms with Gasteiger partial charge in [-0.1, -0.05) is 29.8 Å². The van der Waals surface area contributed by atoms with Crippen LogP contribution in [0.5, 0.6) is 5.75 Å². The highest BCUT2D eigenvalue weighted by Crippen LogP contribution is 2.20. The zero-order valence-electron chi connectivity index (χ0n) is 11.2. The van der Waals surface area contributed by atoms with E-state index in [0.29, 0.717) is 22.8 Å². The van der Waals surface area contributed by atoms with Gasteiger partial charge in [-0.15, -0.1) is 0 Å². The molecule has 0 heterocycles. The van der Waals surface area contributed by atoms with Crippen LogP contribution in [0.4, 0.5) is 4.39 Å². The van der Waals surface area contributed by atoms with Crippen LogP contribution in [0.15, 0.2) is 42.5 Å². The van der Waals surface area contributed by atoms with Gasteiger partial charge in [0.2, 0.25) is 0 Å². The molecule has 3 nitrogen and oxygen atoms in total. The summed E-state index contributed by atoms with van der Waals surface area (Å²) in [6.45, 7) is 0.244. The van der Waals surface area contributed by atoms with Gasteiger partial charge in [-0.3, -0.25) is 4.79 Å². The number of aryl methyl sites for hydroxylation is 1. The molecule has 0 aliphatic heterocycles. The van der Waals surface area contributed by atoms with Crippen molar-refractivity contribution in [3.05, 3.63) is 64.4 Å². The van der Waals surface area contributed by atoms with Gasteiger partial charge in [-0.25, -0.2) is 4.39 Å². The zero-order valence-corrected chi connectivity index (χ0v) is 11.9. The number of carboxylic acid groups (broad SMARTS) is 1. The normalized spacial score (nSPS) is 10.4. The predicted molar refractivity (Wildman–Crippen MR) is 78.1 cm³/mol. The van der Waals surface area contributed by atoms with Crippen LogP contribution in [0.3, 0.4) is 0 Å². The number of hydrogen-bond donors (Lipinski definition) is 1. The van der Waals surface area contributed by atoms with Gasteiger partial charge >= 0.3 is 5.97 Å². The average molecular weight is 309 g/mol. The van der Waals surface area contributed by atoms with E-state index in [4.69, 9.17) is 21.4 Å². The summed E-state index contributed by atoms with van der Waals surface area (Å²) in [5, 5.41) is 8.95. The third-order valence-electron chi connectivity index (χ3n) is 2.96. The number of aliphatic carboxylic acids is 1. The van der Waals surface area contributed by atoms with E-state index in [9.17, 15) is 9.18 Å². The molecule has 0 saturated carbocycles. The van der Waals surface area contributed by atoms with Gasteiger partial charge in [0.05, 0.1) is 5.02 Å². The van der Waals surface area contributed by atoms with Crippen LogP contribution in [0.25, 0.3) is 0 Å². The van der Waals surface area contributed by atoms with Crippen molar-refractivity contribution in [2.45, 2.75) is 19.4 Å². The molecule has 0 amide bonds. The summed E-state index contributed by atoms with van der Waals surface area (Å²) in [5.41, 5.74) is 1.64. The van der Waals surface area contributed by atoms with E-state index in [1.54, 1.807) is 18.2 Å². The second-order valence-electron chi connectivity index (χ2n) is 4.56. The minimum absolute atomic E-state index is 0.103. The van der Waals surface area contributed by atoms with Gasteiger partial charge in [0, 0.05) is 12.0 Å². The Hall–Kier alpha value is -2.07. The van der Waals surface area contributed by atoms with Crippen molar-refractivity contribution < 1.29 is 19.0 Å². The van der Waals surface area contributed by atoms with Gasteiger partial charge in [-0.05, 0) is 36.2 Å². The molecule has 110 valence electrons. The molecular formula is C16H14ClFO3. The average Bonchev–Trinajstić information content (AvgIpc) is 2.45. The Kier molecular flexibility index (Phi) is 5.17. The molecule has 5 heteroatoms. The Bertz CT molecular complexity index is 626. The minimum Gasteiger partial charge on any atom is -0.489 e. The van der Waals surface area contributed by atoms with E-state index in [1.165, 1.54) is 12.1 Å². The highest BCUT2D eigenvalue weighted by atomic mass is 35.5. The van der Waals surface area contributed by atoms with Crippen LogP contribution in [-0.2, 0) is 17.8 Å². The summed E-state index contributed by atoms with van der Waals surface area (Å²) >= 11 is 5.92. The van der Waals surface area contributed by atoms with Crippen molar-refractivity contribution in [1.82, 2.24) is 0 Å². The number of carboxylic acids is 1. The van der Waals surface area contributed by atoms with Crippen molar-refractivity contribution in [3.8, 4) is 5.75 Å². The van der Waals surface area contributed by atoms with Crippen LogP contribution >= 0.6 is 11.6 Å². The van der Waals surface area contributed by atoms with Crippen LogP contribution in [0.1, 0.15) is 17.5 Å². The van der Waals surface area contributed by atoms with Crippen LogP contribution in [0.2, 0.25) is 5.02 Å². The second-order valence-corrected chi connectivity index (χ2v) is 4.97. The van der Waals surface area contributed by atoms with Crippen molar-refractivity contribution in [2.75, 3.05) is 0 Å². The maximum atomic E-state index is 12.9. The van der Waals surface area contributed by atoms with Crippen molar-refractivity contribution in [3.63, 3.8) is 0 Å². The highest BCUT2D eigenvalue weighted by molar-refractivity contribution is 6.31. The molecule has 0 fully saturated rings. The second kappa shape index (κ2) is 7.09. The van der Waals surface area contributed by atoms with Crippen molar-refractivity contribution in [2.24, 2.45) is 0 Å². The lowest BCUT2D eigenvalue weighted by molar-refractivity contribution is -0.136. The molecule has 0 unspecified atom stereocenters. The Morgan fingerprint density at radius 2 is 1.90 bits per heavy atom. The standard InChI is InChI=1S/C16H14ClFO3/c17-15-9-13(18)5-4-12(15)10-21-14-6-1-11(2-7-14)3-8-16(19)20/h1-2,4-7,9H,3,8,10H2,(H,19,20). The molecule has 1 N–H and O–H groups in total. The summed E-state index contributed by atoms with van der Waals surface area (Å²) in [7, 11) is 0. The Labute approximate surface area is 126 Å². The van der Waals surface area contributed by atoms with Gasteiger partial charge in [-0.2, -0.15) is 0 Å². The fourth-order valence-corrected chi connectivity index (χ4v) is 2.03. The number of hydrogen-bond acceptors (Lipinski definition) is 2. The largest absolute Gasteiger partial charge is 0.489 e. The SMILES string of the molecule is O=C(O)CCc1ccc(OCc2ccc(F)cc2Cl)cc1. The Morgan fingerprint density at radius 1 is 1.19 bits per heavy atom. The highest BCUT2D eigenvalue weighted by Gasteiger charge is 2.04. The topological polar surface area (TPSA) is 46.5 Å². The molecule has 2 rings (SSSR count). The zero-order chi connectivity index (χ0) is 15.2. The summed E-state index contributed by atoms with van der Waals surface area (Å²) in [5.74, 6) is -0.553. The van der Waals surface area contributed by atoms with E-state index in [2.05, 4.69) is 0 Å². The molecule has 0 atom stereocenters. The third kappa shape index (κ3) is 4.76. The number of rotatable bonds is 6. The lowest BCUT2D eigenvalue weighted by Crippen LogP contribution is -1.98. The predicted octanol–water partition coefficient (Wildman–Crippen LogP) is 4.08. The summed E-state index contributed by atoms with van der Waals surface area (Å²) in [6, 6.07) is 11.4. The summed E-state index contributed by atoms with van der Waals surface area (Å²) in [4.78, 5) is 10.5. The molecule has 0 aromatic heterocycles. The molecule has 21 heavy (non-hydrogen) atoms. The minimum atomic E-state index is -0.818. The maximum Gasteiger partial charge on any atom is 0.303 e. The Balaban J connectivity index is 1.92. The molecule has 0 aliphatic rings. The smallest absolute Gasteiger partial charge is 0.303 e. The Morgan fingerprint density at radius 3 is 2.52 bits per heavy atom. The lowest BCUT2D eigenvalue weighted by Gasteiger charge is -2.08. The molecule has 0 radical (unpaired) electrons. The fourth-order valence-electron chi connectivity index (χ4n) is 1.80. The molecule has 0 bridgehead atoms. The molecule has 2 aromatic rings. The summed E-state index contributed by atoms with van der Waals surface area (Å²) in [6.07, 6.45) is 0.588. The first-order chi connectivity index (χ1) is 10.0. The monoisotopic (exact) mass is 308 g/mol. The first-order valence-corrected chi connectivity index (χ1v) is 6.80. The van der Waals surface area contributed by atoms with Gasteiger partial charge < -0.3 is 9.84 Å². The fraction of sp³-hybridized carbons (Fsp3) is 0.188. The van der Waals surface area contributed by atoms with E-state index in [0.717, 1.165) is 5.56 Å².